The van der Waals surface area contributed by atoms with Gasteiger partial charge in [0.25, 0.3) is 5.91 Å². The van der Waals surface area contributed by atoms with E-state index in [0.29, 0.717) is 5.56 Å². The van der Waals surface area contributed by atoms with Crippen molar-refractivity contribution in [2.24, 2.45) is 0 Å². The number of para-hydroxylation sites is 1. The Morgan fingerprint density at radius 2 is 1.83 bits per heavy atom. The van der Waals surface area contributed by atoms with E-state index in [1.807, 2.05) is 42.5 Å². The van der Waals surface area contributed by atoms with E-state index in [1.165, 1.54) is 5.56 Å². The van der Waals surface area contributed by atoms with Crippen molar-refractivity contribution in [1.29, 1.82) is 0 Å². The summed E-state index contributed by atoms with van der Waals surface area (Å²) in [6.07, 6.45) is 0. The lowest BCUT2D eigenvalue weighted by molar-refractivity contribution is 0.102. The van der Waals surface area contributed by atoms with E-state index in [2.05, 4.69) is 38.4 Å². The van der Waals surface area contributed by atoms with Gasteiger partial charge in [-0.1, -0.05) is 34.1 Å². The minimum atomic E-state index is -0.0896. The largest absolute Gasteiger partial charge is 0.369 e. The summed E-state index contributed by atoms with van der Waals surface area (Å²) in [7, 11) is 0. The van der Waals surface area contributed by atoms with Crippen molar-refractivity contribution in [3.05, 3.63) is 58.1 Å². The summed E-state index contributed by atoms with van der Waals surface area (Å²) in [4.78, 5) is 14.9. The summed E-state index contributed by atoms with van der Waals surface area (Å²) < 4.78 is 0.965. The number of carbonyl (C=O) groups excluding carboxylic acids is 1. The average molecular weight is 411 g/mol. The van der Waals surface area contributed by atoms with Crippen LogP contribution in [0.2, 0.25) is 0 Å². The summed E-state index contributed by atoms with van der Waals surface area (Å²) in [6, 6.07) is 13.4. The van der Waals surface area contributed by atoms with Crippen LogP contribution in [0.15, 0.2) is 46.9 Å². The molecule has 0 aliphatic carbocycles. The molecule has 1 aliphatic heterocycles. The highest BCUT2D eigenvalue weighted by Gasteiger charge is 2.17. The normalized spacial score (nSPS) is 14.0. The monoisotopic (exact) mass is 409 g/mol. The summed E-state index contributed by atoms with van der Waals surface area (Å²) >= 11 is 3.59. The Morgan fingerprint density at radius 3 is 2.50 bits per heavy atom. The van der Waals surface area contributed by atoms with Crippen LogP contribution in [0.25, 0.3) is 0 Å². The van der Waals surface area contributed by atoms with Gasteiger partial charge in [0.2, 0.25) is 0 Å². The first-order chi connectivity index (χ1) is 11.1. The van der Waals surface area contributed by atoms with Crippen LogP contribution in [0.1, 0.15) is 15.9 Å². The fourth-order valence-electron chi connectivity index (χ4n) is 2.75. The summed E-state index contributed by atoms with van der Waals surface area (Å²) in [6.45, 7) is 5.93. The predicted molar refractivity (Wildman–Crippen MR) is 106 cm³/mol. The fourth-order valence-corrected chi connectivity index (χ4v) is 3.20. The maximum atomic E-state index is 12.5. The van der Waals surface area contributed by atoms with Crippen molar-refractivity contribution in [1.82, 2.24) is 5.32 Å². The Labute approximate surface area is 157 Å². The molecule has 1 amide bonds. The van der Waals surface area contributed by atoms with Crippen LogP contribution in [-0.2, 0) is 0 Å². The van der Waals surface area contributed by atoms with Crippen LogP contribution in [0, 0.1) is 6.92 Å². The van der Waals surface area contributed by atoms with Gasteiger partial charge >= 0.3 is 0 Å². The van der Waals surface area contributed by atoms with Crippen LogP contribution >= 0.6 is 28.3 Å². The van der Waals surface area contributed by atoms with Crippen molar-refractivity contribution in [2.75, 3.05) is 36.4 Å². The van der Waals surface area contributed by atoms with Crippen LogP contribution in [0.5, 0.6) is 0 Å². The number of rotatable bonds is 3. The summed E-state index contributed by atoms with van der Waals surface area (Å²) in [5.74, 6) is -0.0896. The molecule has 2 aromatic carbocycles. The number of benzene rings is 2. The number of anilines is 2. The van der Waals surface area contributed by atoms with E-state index in [9.17, 15) is 4.79 Å². The second-order valence-electron chi connectivity index (χ2n) is 5.66. The van der Waals surface area contributed by atoms with Crippen LogP contribution in [0.4, 0.5) is 11.4 Å². The maximum absolute atomic E-state index is 12.5. The molecule has 1 aliphatic rings. The van der Waals surface area contributed by atoms with Crippen LogP contribution in [-0.4, -0.2) is 32.1 Å². The highest BCUT2D eigenvalue weighted by Crippen LogP contribution is 2.29. The van der Waals surface area contributed by atoms with Gasteiger partial charge in [0.1, 0.15) is 0 Å². The van der Waals surface area contributed by atoms with Gasteiger partial charge in [-0.3, -0.25) is 4.79 Å². The quantitative estimate of drug-likeness (QED) is 0.808. The van der Waals surface area contributed by atoms with Crippen molar-refractivity contribution in [3.8, 4) is 0 Å². The molecular weight excluding hydrogens is 390 g/mol. The second-order valence-corrected chi connectivity index (χ2v) is 6.51. The molecule has 1 heterocycles. The van der Waals surface area contributed by atoms with Gasteiger partial charge in [-0.15, -0.1) is 12.4 Å². The third-order valence-electron chi connectivity index (χ3n) is 4.07. The number of nitrogens with one attached hydrogen (secondary N) is 2. The standard InChI is InChI=1S/C18H20BrN3O.ClH/c1-13-16(19)11-14(12-17(13)22-9-7-20-8-10-22)18(23)21-15-5-3-2-4-6-15;/h2-6,11-12,20H,7-10H2,1H3,(H,21,23);1H. The third kappa shape index (κ3) is 4.29. The number of carbonyl (C=O) groups is 1. The lowest BCUT2D eigenvalue weighted by atomic mass is 10.1. The number of halogens is 2. The molecule has 24 heavy (non-hydrogen) atoms. The lowest BCUT2D eigenvalue weighted by Gasteiger charge is -2.31. The van der Waals surface area contributed by atoms with Gasteiger partial charge in [-0.05, 0) is 36.8 Å². The van der Waals surface area contributed by atoms with E-state index in [0.717, 1.165) is 42.0 Å². The molecule has 0 radical (unpaired) electrons. The Balaban J connectivity index is 0.00000208. The second kappa shape index (κ2) is 8.51. The molecule has 2 N–H and O–H groups in total. The molecule has 0 aromatic heterocycles. The average Bonchev–Trinajstić information content (AvgIpc) is 2.59. The smallest absolute Gasteiger partial charge is 0.255 e. The molecule has 4 nitrogen and oxygen atoms in total. The van der Waals surface area contributed by atoms with Gasteiger partial charge < -0.3 is 15.5 Å². The molecule has 3 rings (SSSR count). The van der Waals surface area contributed by atoms with Gasteiger partial charge in [0, 0.05) is 47.6 Å². The van der Waals surface area contributed by atoms with Crippen LogP contribution in [0.3, 0.4) is 0 Å². The predicted octanol–water partition coefficient (Wildman–Crippen LogP) is 3.84. The zero-order valence-electron chi connectivity index (χ0n) is 13.5. The molecule has 6 heteroatoms. The number of hydrogen-bond acceptors (Lipinski definition) is 3. The summed E-state index contributed by atoms with van der Waals surface area (Å²) in [5.41, 5.74) is 3.76. The Morgan fingerprint density at radius 1 is 1.17 bits per heavy atom. The van der Waals surface area contributed by atoms with Crippen LogP contribution < -0.4 is 15.5 Å². The SMILES string of the molecule is Cc1c(Br)cc(C(=O)Nc2ccccc2)cc1N1CCNCC1.Cl. The van der Waals surface area contributed by atoms with Gasteiger partial charge in [0.05, 0.1) is 0 Å². The molecular formula is C18H21BrClN3O. The molecule has 0 bridgehead atoms. The van der Waals surface area contributed by atoms with E-state index >= 15 is 0 Å². The first-order valence-electron chi connectivity index (χ1n) is 7.77. The van der Waals surface area contributed by atoms with E-state index < -0.39 is 0 Å². The molecule has 2 aromatic rings. The molecule has 1 fully saturated rings. The van der Waals surface area contributed by atoms with Crippen molar-refractivity contribution >= 4 is 45.6 Å². The van der Waals surface area contributed by atoms with E-state index in [-0.39, 0.29) is 18.3 Å². The molecule has 1 saturated heterocycles. The summed E-state index contributed by atoms with van der Waals surface area (Å²) in [5, 5.41) is 6.30. The minimum absolute atomic E-state index is 0. The van der Waals surface area contributed by atoms with E-state index in [1.54, 1.807) is 0 Å². The van der Waals surface area contributed by atoms with Gasteiger partial charge in [-0.2, -0.15) is 0 Å². The number of nitrogens with zero attached hydrogens (tertiary/aromatic N) is 1. The van der Waals surface area contributed by atoms with E-state index in [4.69, 9.17) is 0 Å². The Bertz CT molecular complexity index is 703. The molecule has 0 atom stereocenters. The third-order valence-corrected chi connectivity index (χ3v) is 4.89. The number of amides is 1. The zero-order valence-corrected chi connectivity index (χ0v) is 15.9. The Hall–Kier alpha value is -1.56. The molecule has 0 unspecified atom stereocenters. The zero-order chi connectivity index (χ0) is 16.2. The van der Waals surface area contributed by atoms with Crippen molar-refractivity contribution in [2.45, 2.75) is 6.92 Å². The first-order valence-corrected chi connectivity index (χ1v) is 8.56. The highest BCUT2D eigenvalue weighted by molar-refractivity contribution is 9.10. The maximum Gasteiger partial charge on any atom is 0.255 e. The lowest BCUT2D eigenvalue weighted by Crippen LogP contribution is -2.43. The molecule has 128 valence electrons. The van der Waals surface area contributed by atoms with Crippen molar-refractivity contribution < 1.29 is 4.79 Å². The number of hydrogen-bond donors (Lipinski definition) is 2. The Kier molecular flexibility index (Phi) is 6.66. The first kappa shape index (κ1) is 18.8. The molecule has 0 spiro atoms. The fraction of sp³-hybridized carbons (Fsp3) is 0.278. The number of piperazine rings is 1. The molecule has 0 saturated carbocycles. The van der Waals surface area contributed by atoms with Gasteiger partial charge in [-0.25, -0.2) is 0 Å². The topological polar surface area (TPSA) is 44.4 Å². The highest BCUT2D eigenvalue weighted by atomic mass is 79.9. The van der Waals surface area contributed by atoms with Crippen molar-refractivity contribution in [3.63, 3.8) is 0 Å². The minimum Gasteiger partial charge on any atom is -0.369 e. The van der Waals surface area contributed by atoms with Gasteiger partial charge in [0.15, 0.2) is 0 Å².